The fourth-order valence-corrected chi connectivity index (χ4v) is 2.38. The van der Waals surface area contributed by atoms with Crippen LogP contribution in [0.15, 0.2) is 47.6 Å². The van der Waals surface area contributed by atoms with E-state index < -0.39 is 0 Å². The highest BCUT2D eigenvalue weighted by Crippen LogP contribution is 2.35. The Morgan fingerprint density at radius 2 is 1.87 bits per heavy atom. The Kier molecular flexibility index (Phi) is 3.05. The molecule has 0 saturated heterocycles. The molecule has 0 bridgehead atoms. The van der Waals surface area contributed by atoms with Crippen LogP contribution in [0.3, 0.4) is 0 Å². The van der Waals surface area contributed by atoms with Gasteiger partial charge in [0.2, 0.25) is 0 Å². The normalized spacial score (nSPS) is 22.1. The molecule has 1 aromatic rings. The first-order valence-corrected chi connectivity index (χ1v) is 5.73. The summed E-state index contributed by atoms with van der Waals surface area (Å²) in [5, 5.41) is 0. The van der Waals surface area contributed by atoms with Crippen LogP contribution in [-0.4, -0.2) is 0 Å². The maximum absolute atomic E-state index is 2.27. The summed E-state index contributed by atoms with van der Waals surface area (Å²) in [6.45, 7) is 4.40. The Morgan fingerprint density at radius 3 is 2.53 bits per heavy atom. The maximum Gasteiger partial charge on any atom is -0.0225 e. The quantitative estimate of drug-likeness (QED) is 0.619. The van der Waals surface area contributed by atoms with Crippen LogP contribution in [0.1, 0.15) is 38.7 Å². The third-order valence-corrected chi connectivity index (χ3v) is 3.27. The number of hydrogen-bond acceptors (Lipinski definition) is 0. The van der Waals surface area contributed by atoms with E-state index in [-0.39, 0.29) is 0 Å². The zero-order chi connectivity index (χ0) is 10.7. The van der Waals surface area contributed by atoms with Crippen LogP contribution in [0, 0.1) is 0 Å². The minimum Gasteiger partial charge on any atom is -0.0842 e. The third-order valence-electron chi connectivity index (χ3n) is 3.27. The maximum atomic E-state index is 2.27. The van der Waals surface area contributed by atoms with E-state index in [1.165, 1.54) is 30.4 Å². The molecule has 15 heavy (non-hydrogen) atoms. The van der Waals surface area contributed by atoms with Gasteiger partial charge in [0.15, 0.2) is 0 Å². The third kappa shape index (κ3) is 2.04. The highest BCUT2D eigenvalue weighted by Gasteiger charge is 2.15. The summed E-state index contributed by atoms with van der Waals surface area (Å²) in [4.78, 5) is 0. The smallest absolute Gasteiger partial charge is 0.0225 e. The molecule has 0 radical (unpaired) electrons. The van der Waals surface area contributed by atoms with E-state index in [1.807, 2.05) is 0 Å². The first kappa shape index (κ1) is 10.2. The van der Waals surface area contributed by atoms with Crippen molar-refractivity contribution in [3.63, 3.8) is 0 Å². The number of rotatable bonds is 1. The van der Waals surface area contributed by atoms with E-state index in [1.54, 1.807) is 11.1 Å². The molecule has 0 amide bonds. The summed E-state index contributed by atoms with van der Waals surface area (Å²) >= 11 is 0. The van der Waals surface area contributed by atoms with Crippen LogP contribution in [0.5, 0.6) is 0 Å². The molecule has 0 atom stereocenters. The van der Waals surface area contributed by atoms with Crippen molar-refractivity contribution < 1.29 is 0 Å². The highest BCUT2D eigenvalue weighted by atomic mass is 14.2. The zero-order valence-electron chi connectivity index (χ0n) is 9.59. The second-order valence-corrected chi connectivity index (χ2v) is 4.14. The largest absolute Gasteiger partial charge is 0.0842 e. The van der Waals surface area contributed by atoms with Gasteiger partial charge < -0.3 is 0 Å². The summed E-state index contributed by atoms with van der Waals surface area (Å²) in [6.07, 6.45) is 6.10. The van der Waals surface area contributed by atoms with Gasteiger partial charge in [-0.2, -0.15) is 0 Å². The number of allylic oxidation sites excluding steroid dienone is 4. The second-order valence-electron chi connectivity index (χ2n) is 4.14. The van der Waals surface area contributed by atoms with Crippen LogP contribution in [0.4, 0.5) is 0 Å². The van der Waals surface area contributed by atoms with Gasteiger partial charge in [-0.1, -0.05) is 36.4 Å². The molecule has 0 spiro atoms. The highest BCUT2D eigenvalue weighted by molar-refractivity contribution is 5.71. The Balaban J connectivity index is 2.41. The van der Waals surface area contributed by atoms with Crippen molar-refractivity contribution in [3.8, 4) is 0 Å². The average Bonchev–Trinajstić information content (AvgIpc) is 2.77. The van der Waals surface area contributed by atoms with Gasteiger partial charge >= 0.3 is 0 Å². The average molecular weight is 198 g/mol. The standard InChI is InChI=1S/C15H18/c1-3-13-10-7-11-15(13)12(2)14-8-5-4-6-9-14/h3-6,8-9H,7,10-11H2,1-2H3/b13-3+,15-12-. The second kappa shape index (κ2) is 4.48. The topological polar surface area (TPSA) is 0 Å². The SMILES string of the molecule is C/C=C1\CCC\C1=C(/C)c1ccccc1. The molecule has 1 fully saturated rings. The minimum atomic E-state index is 1.25. The Bertz CT molecular complexity index is 393. The Morgan fingerprint density at radius 1 is 1.13 bits per heavy atom. The zero-order valence-corrected chi connectivity index (χ0v) is 9.59. The van der Waals surface area contributed by atoms with E-state index in [4.69, 9.17) is 0 Å². The molecule has 1 saturated carbocycles. The molecule has 0 nitrogen and oxygen atoms in total. The molecular weight excluding hydrogens is 180 g/mol. The molecule has 0 N–H and O–H groups in total. The van der Waals surface area contributed by atoms with E-state index >= 15 is 0 Å². The van der Waals surface area contributed by atoms with Crippen molar-refractivity contribution in [2.45, 2.75) is 33.1 Å². The van der Waals surface area contributed by atoms with Crippen LogP contribution in [-0.2, 0) is 0 Å². The Hall–Kier alpha value is -1.30. The fraction of sp³-hybridized carbons (Fsp3) is 0.333. The van der Waals surface area contributed by atoms with Gasteiger partial charge in [0.25, 0.3) is 0 Å². The summed E-state index contributed by atoms with van der Waals surface area (Å²) < 4.78 is 0. The van der Waals surface area contributed by atoms with Crippen molar-refractivity contribution >= 4 is 5.57 Å². The number of hydrogen-bond donors (Lipinski definition) is 0. The van der Waals surface area contributed by atoms with Crippen LogP contribution >= 0.6 is 0 Å². The van der Waals surface area contributed by atoms with Crippen molar-refractivity contribution in [1.29, 1.82) is 0 Å². The molecule has 0 aromatic heterocycles. The summed E-state index contributed by atoms with van der Waals surface area (Å²) in [5.74, 6) is 0. The lowest BCUT2D eigenvalue weighted by Crippen LogP contribution is -1.86. The van der Waals surface area contributed by atoms with Gasteiger partial charge in [-0.05, 0) is 55.4 Å². The minimum absolute atomic E-state index is 1.25. The van der Waals surface area contributed by atoms with E-state index in [9.17, 15) is 0 Å². The first-order chi connectivity index (χ1) is 7.33. The monoisotopic (exact) mass is 198 g/mol. The molecule has 0 unspecified atom stereocenters. The summed E-state index contributed by atoms with van der Waals surface area (Å²) in [5.41, 5.74) is 5.95. The first-order valence-electron chi connectivity index (χ1n) is 5.73. The lowest BCUT2D eigenvalue weighted by Gasteiger charge is -2.08. The van der Waals surface area contributed by atoms with E-state index in [2.05, 4.69) is 50.3 Å². The molecular formula is C15H18. The van der Waals surface area contributed by atoms with Crippen LogP contribution in [0.2, 0.25) is 0 Å². The molecule has 1 aliphatic rings. The molecule has 0 heteroatoms. The van der Waals surface area contributed by atoms with Gasteiger partial charge in [-0.25, -0.2) is 0 Å². The van der Waals surface area contributed by atoms with Gasteiger partial charge in [-0.15, -0.1) is 0 Å². The Labute approximate surface area is 92.3 Å². The number of benzene rings is 1. The van der Waals surface area contributed by atoms with Crippen molar-refractivity contribution in [2.24, 2.45) is 0 Å². The van der Waals surface area contributed by atoms with Crippen LogP contribution in [0.25, 0.3) is 5.57 Å². The fourth-order valence-electron chi connectivity index (χ4n) is 2.38. The predicted octanol–water partition coefficient (Wildman–Crippen LogP) is 4.59. The molecule has 1 aliphatic carbocycles. The summed E-state index contributed by atoms with van der Waals surface area (Å²) in [7, 11) is 0. The molecule has 2 rings (SSSR count). The summed E-state index contributed by atoms with van der Waals surface area (Å²) in [6, 6.07) is 10.7. The van der Waals surface area contributed by atoms with Crippen molar-refractivity contribution in [2.75, 3.05) is 0 Å². The van der Waals surface area contributed by atoms with E-state index in [0.29, 0.717) is 0 Å². The lowest BCUT2D eigenvalue weighted by atomic mass is 9.98. The van der Waals surface area contributed by atoms with Gasteiger partial charge in [0.1, 0.15) is 0 Å². The van der Waals surface area contributed by atoms with Gasteiger partial charge in [-0.3, -0.25) is 0 Å². The van der Waals surface area contributed by atoms with Gasteiger partial charge in [0, 0.05) is 0 Å². The van der Waals surface area contributed by atoms with Gasteiger partial charge in [0.05, 0.1) is 0 Å². The molecule has 0 aliphatic heterocycles. The van der Waals surface area contributed by atoms with Crippen molar-refractivity contribution in [1.82, 2.24) is 0 Å². The van der Waals surface area contributed by atoms with E-state index in [0.717, 1.165) is 0 Å². The molecule has 1 aromatic carbocycles. The lowest BCUT2D eigenvalue weighted by molar-refractivity contribution is 0.932. The molecule has 78 valence electrons. The van der Waals surface area contributed by atoms with Crippen LogP contribution < -0.4 is 0 Å². The predicted molar refractivity (Wildman–Crippen MR) is 66.6 cm³/mol. The molecule has 0 heterocycles. The van der Waals surface area contributed by atoms with Crippen molar-refractivity contribution in [3.05, 3.63) is 53.1 Å².